The molecule has 0 aliphatic heterocycles. The van der Waals surface area contributed by atoms with E-state index in [9.17, 15) is 0 Å². The molecule has 0 atom stereocenters. The van der Waals surface area contributed by atoms with Gasteiger partial charge in [-0.2, -0.15) is 0 Å². The Labute approximate surface area is 112 Å². The summed E-state index contributed by atoms with van der Waals surface area (Å²) in [4.78, 5) is 0. The zero-order valence-electron chi connectivity index (χ0n) is 12.3. The van der Waals surface area contributed by atoms with Gasteiger partial charge in [-0.3, -0.25) is 0 Å². The molecule has 2 fully saturated rings. The van der Waals surface area contributed by atoms with E-state index in [1.165, 1.54) is 51.4 Å². The van der Waals surface area contributed by atoms with Crippen LogP contribution in [0.2, 0.25) is 0 Å². The van der Waals surface area contributed by atoms with Gasteiger partial charge in [-0.05, 0) is 52.4 Å². The molecule has 2 aliphatic rings. The Morgan fingerprint density at radius 1 is 0.667 bits per heavy atom. The smallest absolute Gasteiger partial charge is 0.0654 e. The van der Waals surface area contributed by atoms with E-state index in [4.69, 9.17) is 9.47 Å². The third-order valence-electron chi connectivity index (χ3n) is 4.76. The molecule has 0 amide bonds. The minimum atomic E-state index is 0.193. The summed E-state index contributed by atoms with van der Waals surface area (Å²) in [6.07, 6.45) is 12.7. The molecule has 0 spiro atoms. The first-order valence-electron chi connectivity index (χ1n) is 7.90. The molecule has 2 saturated carbocycles. The standard InChI is InChI=1S/C16H30O2/c1-15(9-3-4-10-15)17-13-7-8-14-18-16(2)11-5-6-12-16/h3-14H2,1-2H3. The number of ether oxygens (including phenoxy) is 2. The summed E-state index contributed by atoms with van der Waals surface area (Å²) in [5, 5.41) is 0. The Morgan fingerprint density at radius 3 is 1.33 bits per heavy atom. The number of rotatable bonds is 7. The molecule has 0 saturated heterocycles. The van der Waals surface area contributed by atoms with E-state index >= 15 is 0 Å². The summed E-state index contributed by atoms with van der Waals surface area (Å²) in [6, 6.07) is 0. The first-order valence-corrected chi connectivity index (χ1v) is 7.90. The van der Waals surface area contributed by atoms with Crippen LogP contribution >= 0.6 is 0 Å². The highest BCUT2D eigenvalue weighted by Crippen LogP contribution is 2.33. The van der Waals surface area contributed by atoms with Crippen molar-refractivity contribution in [3.05, 3.63) is 0 Å². The summed E-state index contributed by atoms with van der Waals surface area (Å²) < 4.78 is 12.1. The molecular weight excluding hydrogens is 224 g/mol. The van der Waals surface area contributed by atoms with Crippen molar-refractivity contribution in [3.63, 3.8) is 0 Å². The molecule has 0 aromatic carbocycles. The van der Waals surface area contributed by atoms with Crippen LogP contribution in [0.4, 0.5) is 0 Å². The topological polar surface area (TPSA) is 18.5 Å². The van der Waals surface area contributed by atoms with Crippen molar-refractivity contribution in [2.75, 3.05) is 13.2 Å². The number of hydrogen-bond acceptors (Lipinski definition) is 2. The van der Waals surface area contributed by atoms with E-state index in [2.05, 4.69) is 13.8 Å². The van der Waals surface area contributed by atoms with Crippen molar-refractivity contribution in [2.24, 2.45) is 0 Å². The maximum absolute atomic E-state index is 6.03. The fourth-order valence-corrected chi connectivity index (χ4v) is 3.38. The summed E-state index contributed by atoms with van der Waals surface area (Å²) in [6.45, 7) is 6.37. The zero-order chi connectivity index (χ0) is 12.9. The quantitative estimate of drug-likeness (QED) is 0.624. The molecule has 2 nitrogen and oxygen atoms in total. The maximum atomic E-state index is 6.03. The predicted octanol–water partition coefficient (Wildman–Crippen LogP) is 4.47. The van der Waals surface area contributed by atoms with Crippen molar-refractivity contribution in [3.8, 4) is 0 Å². The van der Waals surface area contributed by atoms with Crippen LogP contribution in [-0.4, -0.2) is 24.4 Å². The van der Waals surface area contributed by atoms with Gasteiger partial charge in [0.05, 0.1) is 11.2 Å². The fourth-order valence-electron chi connectivity index (χ4n) is 3.38. The molecule has 106 valence electrons. The van der Waals surface area contributed by atoms with Crippen LogP contribution in [-0.2, 0) is 9.47 Å². The molecule has 0 radical (unpaired) electrons. The molecule has 18 heavy (non-hydrogen) atoms. The Morgan fingerprint density at radius 2 is 1.00 bits per heavy atom. The summed E-state index contributed by atoms with van der Waals surface area (Å²) in [7, 11) is 0. The van der Waals surface area contributed by atoms with Gasteiger partial charge in [-0.15, -0.1) is 0 Å². The molecule has 0 unspecified atom stereocenters. The van der Waals surface area contributed by atoms with Crippen LogP contribution in [0.3, 0.4) is 0 Å². The van der Waals surface area contributed by atoms with E-state index < -0.39 is 0 Å². The molecule has 0 aromatic heterocycles. The largest absolute Gasteiger partial charge is 0.375 e. The second kappa shape index (κ2) is 6.38. The Hall–Kier alpha value is -0.0800. The summed E-state index contributed by atoms with van der Waals surface area (Å²) in [5.41, 5.74) is 0.385. The Balaban J connectivity index is 1.48. The minimum Gasteiger partial charge on any atom is -0.375 e. The molecule has 2 rings (SSSR count). The summed E-state index contributed by atoms with van der Waals surface area (Å²) >= 11 is 0. The van der Waals surface area contributed by atoms with Crippen LogP contribution in [0.15, 0.2) is 0 Å². The van der Waals surface area contributed by atoms with Gasteiger partial charge in [-0.1, -0.05) is 25.7 Å². The molecular formula is C16H30O2. The molecule has 0 bridgehead atoms. The van der Waals surface area contributed by atoms with Crippen LogP contribution < -0.4 is 0 Å². The van der Waals surface area contributed by atoms with Crippen molar-refractivity contribution in [1.29, 1.82) is 0 Å². The van der Waals surface area contributed by atoms with Crippen LogP contribution in [0.25, 0.3) is 0 Å². The second-order valence-corrected chi connectivity index (χ2v) is 6.72. The van der Waals surface area contributed by atoms with Gasteiger partial charge >= 0.3 is 0 Å². The van der Waals surface area contributed by atoms with Gasteiger partial charge in [0.15, 0.2) is 0 Å². The number of hydrogen-bond donors (Lipinski definition) is 0. The highest BCUT2D eigenvalue weighted by molar-refractivity contribution is 4.82. The average molecular weight is 254 g/mol. The van der Waals surface area contributed by atoms with Gasteiger partial charge < -0.3 is 9.47 Å². The van der Waals surface area contributed by atoms with E-state index in [-0.39, 0.29) is 11.2 Å². The van der Waals surface area contributed by atoms with Gasteiger partial charge in [0, 0.05) is 13.2 Å². The zero-order valence-corrected chi connectivity index (χ0v) is 12.3. The van der Waals surface area contributed by atoms with Gasteiger partial charge in [-0.25, -0.2) is 0 Å². The Kier molecular flexibility index (Phi) is 5.08. The third kappa shape index (κ3) is 4.24. The lowest BCUT2D eigenvalue weighted by Crippen LogP contribution is -2.26. The molecule has 0 heterocycles. The highest BCUT2D eigenvalue weighted by Gasteiger charge is 2.30. The van der Waals surface area contributed by atoms with E-state index in [1.807, 2.05) is 0 Å². The second-order valence-electron chi connectivity index (χ2n) is 6.72. The van der Waals surface area contributed by atoms with E-state index in [1.54, 1.807) is 0 Å². The van der Waals surface area contributed by atoms with Gasteiger partial charge in [0.25, 0.3) is 0 Å². The SMILES string of the molecule is CC1(OCCCCOC2(C)CCCC2)CCCC1. The van der Waals surface area contributed by atoms with E-state index in [0.29, 0.717) is 0 Å². The van der Waals surface area contributed by atoms with Gasteiger partial charge in [0.1, 0.15) is 0 Å². The van der Waals surface area contributed by atoms with Crippen LogP contribution in [0, 0.1) is 0 Å². The first-order chi connectivity index (χ1) is 8.62. The average Bonchev–Trinajstić information content (AvgIpc) is 2.94. The van der Waals surface area contributed by atoms with Crippen LogP contribution in [0.5, 0.6) is 0 Å². The molecule has 2 aliphatic carbocycles. The monoisotopic (exact) mass is 254 g/mol. The highest BCUT2D eigenvalue weighted by atomic mass is 16.5. The lowest BCUT2D eigenvalue weighted by atomic mass is 10.1. The molecule has 0 aromatic rings. The Bertz CT molecular complexity index is 211. The molecule has 2 heteroatoms. The summed E-state index contributed by atoms with van der Waals surface area (Å²) in [5.74, 6) is 0. The third-order valence-corrected chi connectivity index (χ3v) is 4.76. The fraction of sp³-hybridized carbons (Fsp3) is 1.00. The minimum absolute atomic E-state index is 0.193. The lowest BCUT2D eigenvalue weighted by molar-refractivity contribution is -0.0445. The van der Waals surface area contributed by atoms with Crippen molar-refractivity contribution in [1.82, 2.24) is 0 Å². The predicted molar refractivity (Wildman–Crippen MR) is 74.9 cm³/mol. The lowest BCUT2D eigenvalue weighted by Gasteiger charge is -2.25. The van der Waals surface area contributed by atoms with E-state index in [0.717, 1.165) is 26.1 Å². The normalized spacial score (nSPS) is 25.7. The first kappa shape index (κ1) is 14.3. The van der Waals surface area contributed by atoms with Crippen molar-refractivity contribution < 1.29 is 9.47 Å². The van der Waals surface area contributed by atoms with Crippen molar-refractivity contribution in [2.45, 2.75) is 89.3 Å². The van der Waals surface area contributed by atoms with Crippen LogP contribution in [0.1, 0.15) is 78.1 Å². The van der Waals surface area contributed by atoms with Gasteiger partial charge in [0.2, 0.25) is 0 Å². The number of unbranched alkanes of at least 4 members (excludes halogenated alkanes) is 1. The molecule has 0 N–H and O–H groups in total. The van der Waals surface area contributed by atoms with Crippen molar-refractivity contribution >= 4 is 0 Å². The maximum Gasteiger partial charge on any atom is 0.0654 e.